The fourth-order valence-corrected chi connectivity index (χ4v) is 3.22. The number of allylic oxidation sites excluding steroid dienone is 2. The van der Waals surface area contributed by atoms with Crippen LogP contribution in [-0.4, -0.2) is 5.78 Å². The third-order valence-corrected chi connectivity index (χ3v) is 4.32. The summed E-state index contributed by atoms with van der Waals surface area (Å²) in [6, 6.07) is 10.7. The zero-order chi connectivity index (χ0) is 13.7. The Morgan fingerprint density at radius 3 is 2.63 bits per heavy atom. The number of carbonyl (C=O) groups is 1. The maximum absolute atomic E-state index is 12.1. The van der Waals surface area contributed by atoms with Crippen LogP contribution in [0.3, 0.4) is 0 Å². The fourth-order valence-electron chi connectivity index (χ4n) is 3.22. The Labute approximate surface area is 116 Å². The lowest BCUT2D eigenvalue weighted by atomic mass is 9.71. The average Bonchev–Trinajstić information content (AvgIpc) is 2.45. The summed E-state index contributed by atoms with van der Waals surface area (Å²) in [5.41, 5.74) is 1.44. The molecule has 0 radical (unpaired) electrons. The van der Waals surface area contributed by atoms with E-state index in [1.165, 1.54) is 5.56 Å². The average molecular weight is 256 g/mol. The minimum absolute atomic E-state index is 0.248. The van der Waals surface area contributed by atoms with Gasteiger partial charge in [-0.1, -0.05) is 50.3 Å². The van der Waals surface area contributed by atoms with E-state index in [0.717, 1.165) is 25.7 Å². The predicted octanol–water partition coefficient (Wildman–Crippen LogP) is 4.74. The zero-order valence-electron chi connectivity index (χ0n) is 12.0. The van der Waals surface area contributed by atoms with Gasteiger partial charge in [-0.3, -0.25) is 4.79 Å². The van der Waals surface area contributed by atoms with E-state index in [2.05, 4.69) is 44.2 Å². The van der Waals surface area contributed by atoms with Crippen molar-refractivity contribution in [3.05, 3.63) is 48.0 Å². The van der Waals surface area contributed by atoms with Crippen molar-refractivity contribution < 1.29 is 4.79 Å². The van der Waals surface area contributed by atoms with Crippen molar-refractivity contribution in [1.29, 1.82) is 0 Å². The van der Waals surface area contributed by atoms with Crippen molar-refractivity contribution >= 4 is 5.78 Å². The minimum atomic E-state index is 0.248. The van der Waals surface area contributed by atoms with Gasteiger partial charge in [-0.25, -0.2) is 0 Å². The third-order valence-electron chi connectivity index (χ3n) is 4.32. The van der Waals surface area contributed by atoms with Crippen molar-refractivity contribution in [2.24, 2.45) is 11.8 Å². The van der Waals surface area contributed by atoms with Crippen LogP contribution in [0.25, 0.3) is 0 Å². The summed E-state index contributed by atoms with van der Waals surface area (Å²) >= 11 is 0. The lowest BCUT2D eigenvalue weighted by Crippen LogP contribution is -2.25. The van der Waals surface area contributed by atoms with Crippen molar-refractivity contribution in [3.63, 3.8) is 0 Å². The lowest BCUT2D eigenvalue weighted by molar-refractivity contribution is -0.119. The number of hydrogen-bond donors (Lipinski definition) is 0. The maximum atomic E-state index is 12.1. The van der Waals surface area contributed by atoms with Gasteiger partial charge in [-0.05, 0) is 49.2 Å². The highest BCUT2D eigenvalue weighted by molar-refractivity contribution is 5.91. The minimum Gasteiger partial charge on any atom is -0.295 e. The molecule has 0 aromatic heterocycles. The van der Waals surface area contributed by atoms with E-state index < -0.39 is 0 Å². The number of carbonyl (C=O) groups excluding carboxylic acids is 1. The summed E-state index contributed by atoms with van der Waals surface area (Å²) in [7, 11) is 0. The summed E-state index contributed by atoms with van der Waals surface area (Å²) < 4.78 is 0. The van der Waals surface area contributed by atoms with Gasteiger partial charge < -0.3 is 0 Å². The normalized spacial score (nSPS) is 27.6. The molecule has 0 N–H and O–H groups in total. The molecular formula is C18H24O. The Hall–Kier alpha value is -1.37. The van der Waals surface area contributed by atoms with Gasteiger partial charge in [0.05, 0.1) is 0 Å². The maximum Gasteiger partial charge on any atom is 0.158 e. The van der Waals surface area contributed by atoms with Crippen LogP contribution >= 0.6 is 0 Å². The van der Waals surface area contributed by atoms with Crippen LogP contribution in [0.1, 0.15) is 51.0 Å². The molecule has 0 amide bonds. The Morgan fingerprint density at radius 2 is 2.00 bits per heavy atom. The Morgan fingerprint density at radius 1 is 1.26 bits per heavy atom. The van der Waals surface area contributed by atoms with Crippen LogP contribution in [0.4, 0.5) is 0 Å². The highest BCUT2D eigenvalue weighted by atomic mass is 16.1. The highest BCUT2D eigenvalue weighted by Gasteiger charge is 2.30. The molecule has 1 aliphatic carbocycles. The first-order chi connectivity index (χ1) is 9.22. The van der Waals surface area contributed by atoms with Gasteiger partial charge in [-0.15, -0.1) is 0 Å². The molecule has 0 saturated heterocycles. The molecule has 0 bridgehead atoms. The zero-order valence-corrected chi connectivity index (χ0v) is 12.0. The monoisotopic (exact) mass is 256 g/mol. The van der Waals surface area contributed by atoms with Crippen LogP contribution < -0.4 is 0 Å². The second-order valence-corrected chi connectivity index (χ2v) is 5.72. The quantitative estimate of drug-likeness (QED) is 0.711. The Kier molecular flexibility index (Phi) is 4.95. The SMILES string of the molecule is CCC=CC(=O)C1CCC(c2ccccc2)C(C)C1. The lowest BCUT2D eigenvalue weighted by Gasteiger charge is -2.33. The molecule has 1 aromatic carbocycles. The third kappa shape index (κ3) is 3.56. The van der Waals surface area contributed by atoms with Gasteiger partial charge in [-0.2, -0.15) is 0 Å². The van der Waals surface area contributed by atoms with E-state index in [9.17, 15) is 4.79 Å². The number of rotatable bonds is 4. The molecule has 1 aliphatic rings. The summed E-state index contributed by atoms with van der Waals surface area (Å²) in [4.78, 5) is 12.1. The predicted molar refractivity (Wildman–Crippen MR) is 80.1 cm³/mol. The molecule has 2 rings (SSSR count). The van der Waals surface area contributed by atoms with Gasteiger partial charge in [0.2, 0.25) is 0 Å². The standard InChI is InChI=1S/C18H24O/c1-3-4-10-18(19)16-11-12-17(14(2)13-16)15-8-6-5-7-9-15/h4-10,14,16-17H,3,11-13H2,1-2H3. The molecule has 0 aliphatic heterocycles. The molecule has 102 valence electrons. The molecular weight excluding hydrogens is 232 g/mol. The van der Waals surface area contributed by atoms with Crippen molar-refractivity contribution in [2.75, 3.05) is 0 Å². The van der Waals surface area contributed by atoms with Gasteiger partial charge in [0.15, 0.2) is 5.78 Å². The number of benzene rings is 1. The molecule has 19 heavy (non-hydrogen) atoms. The summed E-state index contributed by atoms with van der Waals surface area (Å²) in [6.07, 6.45) is 7.93. The van der Waals surface area contributed by atoms with Crippen LogP contribution in [-0.2, 0) is 4.79 Å². The molecule has 3 atom stereocenters. The van der Waals surface area contributed by atoms with Crippen LogP contribution in [0.5, 0.6) is 0 Å². The molecule has 1 nitrogen and oxygen atoms in total. The molecule has 1 heteroatoms. The van der Waals surface area contributed by atoms with Gasteiger partial charge >= 0.3 is 0 Å². The first-order valence-corrected chi connectivity index (χ1v) is 7.47. The highest BCUT2D eigenvalue weighted by Crippen LogP contribution is 2.40. The van der Waals surface area contributed by atoms with E-state index >= 15 is 0 Å². The molecule has 3 unspecified atom stereocenters. The molecule has 0 spiro atoms. The van der Waals surface area contributed by atoms with E-state index in [-0.39, 0.29) is 5.92 Å². The largest absolute Gasteiger partial charge is 0.295 e. The second-order valence-electron chi connectivity index (χ2n) is 5.72. The van der Waals surface area contributed by atoms with E-state index in [4.69, 9.17) is 0 Å². The summed E-state index contributed by atoms with van der Waals surface area (Å²) in [5, 5.41) is 0. The smallest absolute Gasteiger partial charge is 0.158 e. The van der Waals surface area contributed by atoms with Crippen molar-refractivity contribution in [1.82, 2.24) is 0 Å². The summed E-state index contributed by atoms with van der Waals surface area (Å²) in [5.74, 6) is 1.80. The first-order valence-electron chi connectivity index (χ1n) is 7.47. The number of hydrogen-bond acceptors (Lipinski definition) is 1. The Bertz CT molecular complexity index is 432. The van der Waals surface area contributed by atoms with Gasteiger partial charge in [0, 0.05) is 5.92 Å². The molecule has 0 heterocycles. The number of ketones is 1. The molecule has 1 saturated carbocycles. The van der Waals surface area contributed by atoms with Crippen LogP contribution in [0.15, 0.2) is 42.5 Å². The molecule has 1 aromatic rings. The van der Waals surface area contributed by atoms with Gasteiger partial charge in [0.1, 0.15) is 0 Å². The topological polar surface area (TPSA) is 17.1 Å². The van der Waals surface area contributed by atoms with E-state index in [0.29, 0.717) is 17.6 Å². The van der Waals surface area contributed by atoms with Gasteiger partial charge in [0.25, 0.3) is 0 Å². The van der Waals surface area contributed by atoms with Crippen LogP contribution in [0, 0.1) is 11.8 Å². The fraction of sp³-hybridized carbons (Fsp3) is 0.500. The molecule has 1 fully saturated rings. The second kappa shape index (κ2) is 6.70. The van der Waals surface area contributed by atoms with Crippen molar-refractivity contribution in [3.8, 4) is 0 Å². The van der Waals surface area contributed by atoms with E-state index in [1.807, 2.05) is 6.08 Å². The first kappa shape index (κ1) is 14.0. The van der Waals surface area contributed by atoms with E-state index in [1.54, 1.807) is 6.08 Å². The Balaban J connectivity index is 1.99. The van der Waals surface area contributed by atoms with Crippen LogP contribution in [0.2, 0.25) is 0 Å². The summed E-state index contributed by atoms with van der Waals surface area (Å²) in [6.45, 7) is 4.36. The van der Waals surface area contributed by atoms with Crippen molar-refractivity contribution in [2.45, 2.75) is 45.4 Å².